The van der Waals surface area contributed by atoms with Crippen LogP contribution in [0.25, 0.3) is 23.3 Å². The van der Waals surface area contributed by atoms with Gasteiger partial charge < -0.3 is 48.7 Å². The summed E-state index contributed by atoms with van der Waals surface area (Å²) < 4.78 is 37.8. The van der Waals surface area contributed by atoms with E-state index >= 15 is 0 Å². The lowest BCUT2D eigenvalue weighted by Crippen LogP contribution is -2.45. The number of aliphatic carboxylic acids is 2. The van der Waals surface area contributed by atoms with Crippen molar-refractivity contribution in [3.63, 3.8) is 0 Å². The quantitative estimate of drug-likeness (QED) is 0.0283. The number of carbonyl (C=O) groups is 5. The number of imide groups is 1. The maximum Gasteiger partial charge on any atom is 0.336 e. The van der Waals surface area contributed by atoms with Gasteiger partial charge in [-0.15, -0.1) is 0 Å². The van der Waals surface area contributed by atoms with Gasteiger partial charge in [0.05, 0.1) is 46.2 Å². The SMILES string of the molecule is C.C.CCOC(=O)CCc1ccc(Oc2ccc(/C(=C\c3cc(OC)cc(OC)c3)C(=O)O)cc2)cc1.COc1cc(/C=C(/C(=O)O)c2ccc(Oc3ccc(CCC(=O)NC(=O)NC4CCCCC4)cc3)cc2)cc(OC)c1. The first-order valence-electron chi connectivity index (χ1n) is 25.1. The van der Waals surface area contributed by atoms with Crippen molar-refractivity contribution in [2.75, 3.05) is 35.0 Å². The average molecular weight is 1080 g/mol. The van der Waals surface area contributed by atoms with Crippen molar-refractivity contribution < 1.29 is 67.3 Å². The molecule has 1 aliphatic rings. The van der Waals surface area contributed by atoms with E-state index in [0.717, 1.165) is 36.8 Å². The highest BCUT2D eigenvalue weighted by atomic mass is 16.5. The van der Waals surface area contributed by atoms with Crippen LogP contribution in [0, 0.1) is 0 Å². The maximum absolute atomic E-state index is 12.2. The first kappa shape index (κ1) is 62.5. The van der Waals surface area contributed by atoms with Gasteiger partial charge in [0.15, 0.2) is 0 Å². The lowest BCUT2D eigenvalue weighted by atomic mass is 9.96. The van der Waals surface area contributed by atoms with Crippen molar-refractivity contribution in [3.8, 4) is 46.0 Å². The standard InChI is InChI=1S/C33H36N2O7.C28H28O7.2CH4/c1-40-28-18-23(19-29(21-28)41-2)20-30(32(37)38)24-11-15-27(16-12-24)42-26-13-8-22(9-14-26)10-17-31(36)35-33(39)34-25-6-4-3-5-7-25;1-4-34-27(29)14-7-19-5-10-22(11-6-19)35-23-12-8-21(9-13-23)26(28(30)31)17-20-15-24(32-2)18-25(16-20)33-3;;/h8-9,11-16,18-21,25H,3-7,10,17H2,1-2H3,(H,37,38)(H2,34,35,36,39);5-6,8-13,15-18H,4,7,14H2,1-3H3,(H,30,31);2*1H4/b30-20+;26-17+;;. The fraction of sp³-hybridized carbons (Fsp3) is 0.286. The Kier molecular flexibility index (Phi) is 25.2. The molecule has 0 unspecified atom stereocenters. The number of urea groups is 1. The summed E-state index contributed by atoms with van der Waals surface area (Å²) in [4.78, 5) is 59.8. The van der Waals surface area contributed by atoms with E-state index in [2.05, 4.69) is 10.6 Å². The van der Waals surface area contributed by atoms with E-state index in [1.807, 2.05) is 36.4 Å². The summed E-state index contributed by atoms with van der Waals surface area (Å²) in [5.74, 6) is 1.93. The molecule has 0 radical (unpaired) electrons. The van der Waals surface area contributed by atoms with E-state index in [1.165, 1.54) is 34.9 Å². The summed E-state index contributed by atoms with van der Waals surface area (Å²) in [5.41, 5.74) is 4.48. The summed E-state index contributed by atoms with van der Waals surface area (Å²) in [7, 11) is 6.14. The van der Waals surface area contributed by atoms with Crippen molar-refractivity contribution >= 4 is 53.1 Å². The number of carboxylic acid groups (broad SMARTS) is 2. The highest BCUT2D eigenvalue weighted by Crippen LogP contribution is 2.31. The lowest BCUT2D eigenvalue weighted by Gasteiger charge is -2.22. The van der Waals surface area contributed by atoms with Crippen molar-refractivity contribution in [1.82, 2.24) is 10.6 Å². The third-order valence-electron chi connectivity index (χ3n) is 12.2. The Bertz CT molecular complexity index is 2950. The van der Waals surface area contributed by atoms with Gasteiger partial charge in [0.2, 0.25) is 5.91 Å². The third kappa shape index (κ3) is 20.1. The maximum atomic E-state index is 12.2. The molecule has 1 saturated carbocycles. The summed E-state index contributed by atoms with van der Waals surface area (Å²) in [5, 5.41) is 24.9. The number of hydrogen-bond donors (Lipinski definition) is 4. The summed E-state index contributed by atoms with van der Waals surface area (Å²) in [6.45, 7) is 2.16. The van der Waals surface area contributed by atoms with E-state index in [4.69, 9.17) is 33.2 Å². The molecule has 0 bridgehead atoms. The van der Waals surface area contributed by atoms with Crippen molar-refractivity contribution in [1.29, 1.82) is 0 Å². The number of aryl methyl sites for hydroxylation is 2. The highest BCUT2D eigenvalue weighted by Gasteiger charge is 2.18. The number of benzene rings is 6. The third-order valence-corrected chi connectivity index (χ3v) is 12.2. The Balaban J connectivity index is 0.000000337. The second kappa shape index (κ2) is 31.9. The number of rotatable bonds is 22. The van der Waals surface area contributed by atoms with Crippen molar-refractivity contribution in [3.05, 3.63) is 167 Å². The first-order valence-corrected chi connectivity index (χ1v) is 25.1. The van der Waals surface area contributed by atoms with Crippen LogP contribution in [0.3, 0.4) is 0 Å². The van der Waals surface area contributed by atoms with Crippen LogP contribution in [0.4, 0.5) is 4.79 Å². The monoisotopic (exact) mass is 1080 g/mol. The van der Waals surface area contributed by atoms with E-state index in [1.54, 1.807) is 116 Å². The molecule has 16 heteroatoms. The molecule has 6 aromatic rings. The van der Waals surface area contributed by atoms with Gasteiger partial charge in [0, 0.05) is 31.0 Å². The number of carboxylic acids is 2. The minimum absolute atomic E-state index is 0. The van der Waals surface area contributed by atoms with Crippen LogP contribution < -0.4 is 39.1 Å². The zero-order valence-corrected chi connectivity index (χ0v) is 43.8. The van der Waals surface area contributed by atoms with Crippen LogP contribution in [-0.2, 0) is 36.8 Å². The zero-order valence-electron chi connectivity index (χ0n) is 43.8. The second-order valence-electron chi connectivity index (χ2n) is 17.7. The number of methoxy groups -OCH3 is 4. The zero-order chi connectivity index (χ0) is 55.1. The molecule has 6 aromatic carbocycles. The van der Waals surface area contributed by atoms with Crippen LogP contribution in [0.1, 0.15) is 100 Å². The molecule has 0 heterocycles. The molecule has 4 N–H and O–H groups in total. The van der Waals surface area contributed by atoms with Gasteiger partial charge in [-0.25, -0.2) is 14.4 Å². The molecule has 3 amide bonds. The van der Waals surface area contributed by atoms with Crippen LogP contribution in [0.5, 0.6) is 46.0 Å². The lowest BCUT2D eigenvalue weighted by molar-refractivity contribution is -0.143. The summed E-state index contributed by atoms with van der Waals surface area (Å²) in [6.07, 6.45) is 10.1. The summed E-state index contributed by atoms with van der Waals surface area (Å²) in [6, 6.07) is 38.5. The molecule has 0 aliphatic heterocycles. The Morgan fingerprint density at radius 2 is 0.873 bits per heavy atom. The van der Waals surface area contributed by atoms with Crippen LogP contribution >= 0.6 is 0 Å². The van der Waals surface area contributed by atoms with E-state index in [-0.39, 0.29) is 50.3 Å². The predicted octanol–water partition coefficient (Wildman–Crippen LogP) is 13.1. The van der Waals surface area contributed by atoms with E-state index in [0.29, 0.717) is 94.1 Å². The molecule has 0 atom stereocenters. The predicted molar refractivity (Wildman–Crippen MR) is 306 cm³/mol. The second-order valence-corrected chi connectivity index (χ2v) is 17.7. The molecule has 0 saturated heterocycles. The minimum Gasteiger partial charge on any atom is -0.497 e. The topological polar surface area (TPSA) is 214 Å². The molecule has 0 spiro atoms. The molecule has 16 nitrogen and oxygen atoms in total. The average Bonchev–Trinajstić information content (AvgIpc) is 3.44. The number of nitrogens with one attached hydrogen (secondary N) is 2. The van der Waals surface area contributed by atoms with Gasteiger partial charge in [-0.2, -0.15) is 0 Å². The van der Waals surface area contributed by atoms with Gasteiger partial charge in [0.1, 0.15) is 46.0 Å². The normalized spacial score (nSPS) is 12.1. The first-order chi connectivity index (χ1) is 37.2. The van der Waals surface area contributed by atoms with Crippen molar-refractivity contribution in [2.24, 2.45) is 0 Å². The van der Waals surface area contributed by atoms with Crippen LogP contribution in [0.2, 0.25) is 0 Å². The van der Waals surface area contributed by atoms with Crippen LogP contribution in [-0.4, -0.2) is 81.1 Å². The van der Waals surface area contributed by atoms with Gasteiger partial charge in [-0.1, -0.05) is 82.6 Å². The molecule has 0 aromatic heterocycles. The highest BCUT2D eigenvalue weighted by molar-refractivity contribution is 6.21. The minimum atomic E-state index is -1.07. The molecular formula is C63H72N2O14. The number of ether oxygens (including phenoxy) is 7. The molecule has 418 valence electrons. The largest absolute Gasteiger partial charge is 0.497 e. The van der Waals surface area contributed by atoms with Gasteiger partial charge in [-0.05, 0) is 151 Å². The Hall–Kier alpha value is -9.05. The van der Waals surface area contributed by atoms with Gasteiger partial charge >= 0.3 is 23.9 Å². The molecule has 79 heavy (non-hydrogen) atoms. The number of hydrogen-bond acceptors (Lipinski definition) is 12. The molecule has 1 aliphatic carbocycles. The fourth-order valence-electron chi connectivity index (χ4n) is 8.22. The molecule has 1 fully saturated rings. The number of carbonyl (C=O) groups excluding carboxylic acids is 3. The van der Waals surface area contributed by atoms with Crippen LogP contribution in [0.15, 0.2) is 133 Å². The number of esters is 1. The smallest absolute Gasteiger partial charge is 0.336 e. The number of amides is 3. The van der Waals surface area contributed by atoms with Crippen molar-refractivity contribution in [2.45, 2.75) is 85.6 Å². The van der Waals surface area contributed by atoms with Gasteiger partial charge in [-0.3, -0.25) is 14.9 Å². The van der Waals surface area contributed by atoms with E-state index < -0.39 is 18.0 Å². The molecular weight excluding hydrogens is 1010 g/mol. The summed E-state index contributed by atoms with van der Waals surface area (Å²) >= 11 is 0. The Morgan fingerprint density at radius 3 is 1.23 bits per heavy atom. The van der Waals surface area contributed by atoms with Gasteiger partial charge in [0.25, 0.3) is 0 Å². The molecule has 7 rings (SSSR count). The Labute approximate surface area is 462 Å². The fourth-order valence-corrected chi connectivity index (χ4v) is 8.22. The van der Waals surface area contributed by atoms with E-state index in [9.17, 15) is 34.2 Å². The Morgan fingerprint density at radius 1 is 0.506 bits per heavy atom.